The molecular weight excluding hydrogens is 344 g/mol. The maximum Gasteiger partial charge on any atom is 0.0773 e. The first-order valence-corrected chi connectivity index (χ1v) is 13.1. The van der Waals surface area contributed by atoms with Crippen LogP contribution >= 0.6 is 0 Å². The summed E-state index contributed by atoms with van der Waals surface area (Å²) in [5, 5.41) is 9.86. The van der Waals surface area contributed by atoms with Crippen LogP contribution in [0, 0.1) is 0 Å². The van der Waals surface area contributed by atoms with Crippen LogP contribution < -0.4 is 0 Å². The summed E-state index contributed by atoms with van der Waals surface area (Å²) in [7, 11) is 0. The standard InChI is InChI=1S/C26H54O2/c1-3-5-7-8-9-10-11-12-13-14-15-16-17-18-19-20-21-22-23-26(27)25-28-24-6-4-2/h26-27H,3-25H2,1-2H3. The zero-order valence-corrected chi connectivity index (χ0v) is 19.7. The Labute approximate surface area is 178 Å². The molecule has 0 rings (SSSR count). The van der Waals surface area contributed by atoms with Gasteiger partial charge in [0.2, 0.25) is 0 Å². The highest BCUT2D eigenvalue weighted by Gasteiger charge is 2.03. The molecule has 0 fully saturated rings. The fraction of sp³-hybridized carbons (Fsp3) is 1.00. The molecule has 0 aliphatic heterocycles. The predicted octanol–water partition coefficient (Wildman–Crippen LogP) is 8.60. The zero-order valence-electron chi connectivity index (χ0n) is 19.7. The lowest BCUT2D eigenvalue weighted by atomic mass is 10.0. The molecule has 0 aromatic rings. The number of ether oxygens (including phenoxy) is 1. The van der Waals surface area contributed by atoms with Gasteiger partial charge in [-0.05, 0) is 12.8 Å². The van der Waals surface area contributed by atoms with Gasteiger partial charge in [-0.3, -0.25) is 0 Å². The molecule has 1 N–H and O–H groups in total. The lowest BCUT2D eigenvalue weighted by Gasteiger charge is -2.10. The number of aliphatic hydroxyl groups is 1. The summed E-state index contributed by atoms with van der Waals surface area (Å²) in [5.41, 5.74) is 0. The summed E-state index contributed by atoms with van der Waals surface area (Å²) in [4.78, 5) is 0. The third-order valence-electron chi connectivity index (χ3n) is 5.84. The molecule has 28 heavy (non-hydrogen) atoms. The Morgan fingerprint density at radius 1 is 0.500 bits per heavy atom. The lowest BCUT2D eigenvalue weighted by molar-refractivity contribution is 0.0302. The lowest BCUT2D eigenvalue weighted by Crippen LogP contribution is -2.15. The third kappa shape index (κ3) is 24.0. The van der Waals surface area contributed by atoms with Crippen molar-refractivity contribution in [3.8, 4) is 0 Å². The Morgan fingerprint density at radius 3 is 1.25 bits per heavy atom. The second-order valence-electron chi connectivity index (χ2n) is 8.88. The van der Waals surface area contributed by atoms with E-state index in [0.717, 1.165) is 32.3 Å². The fourth-order valence-corrected chi connectivity index (χ4v) is 3.83. The molecule has 0 saturated heterocycles. The highest BCUT2D eigenvalue weighted by Crippen LogP contribution is 2.14. The first-order chi connectivity index (χ1) is 13.8. The first-order valence-electron chi connectivity index (χ1n) is 13.1. The molecule has 2 nitrogen and oxygen atoms in total. The van der Waals surface area contributed by atoms with Crippen molar-refractivity contribution in [2.45, 2.75) is 155 Å². The Kier molecular flexibility index (Phi) is 24.9. The average molecular weight is 399 g/mol. The van der Waals surface area contributed by atoms with E-state index in [2.05, 4.69) is 13.8 Å². The zero-order chi connectivity index (χ0) is 20.5. The van der Waals surface area contributed by atoms with Crippen LogP contribution in [0.3, 0.4) is 0 Å². The number of aliphatic hydroxyl groups excluding tert-OH is 1. The molecule has 0 aliphatic rings. The maximum atomic E-state index is 9.86. The highest BCUT2D eigenvalue weighted by atomic mass is 16.5. The van der Waals surface area contributed by atoms with Crippen LogP contribution in [-0.4, -0.2) is 24.4 Å². The molecule has 0 spiro atoms. The van der Waals surface area contributed by atoms with E-state index in [1.807, 2.05) is 0 Å². The minimum atomic E-state index is -0.252. The predicted molar refractivity (Wildman–Crippen MR) is 125 cm³/mol. The van der Waals surface area contributed by atoms with Crippen molar-refractivity contribution in [3.05, 3.63) is 0 Å². The third-order valence-corrected chi connectivity index (χ3v) is 5.84. The van der Waals surface area contributed by atoms with E-state index < -0.39 is 0 Å². The van der Waals surface area contributed by atoms with Gasteiger partial charge < -0.3 is 9.84 Å². The van der Waals surface area contributed by atoms with Crippen LogP contribution in [0.5, 0.6) is 0 Å². The molecule has 170 valence electrons. The van der Waals surface area contributed by atoms with Crippen molar-refractivity contribution in [2.75, 3.05) is 13.2 Å². The average Bonchev–Trinajstić information content (AvgIpc) is 2.70. The second kappa shape index (κ2) is 25.0. The minimum absolute atomic E-state index is 0.252. The smallest absolute Gasteiger partial charge is 0.0773 e. The molecule has 1 unspecified atom stereocenters. The molecule has 0 aromatic carbocycles. The summed E-state index contributed by atoms with van der Waals surface area (Å²) < 4.78 is 5.47. The first kappa shape index (κ1) is 27.9. The van der Waals surface area contributed by atoms with Crippen molar-refractivity contribution >= 4 is 0 Å². The van der Waals surface area contributed by atoms with Gasteiger partial charge in [0.1, 0.15) is 0 Å². The van der Waals surface area contributed by atoms with Crippen LogP contribution in [0.25, 0.3) is 0 Å². The van der Waals surface area contributed by atoms with Gasteiger partial charge in [-0.1, -0.05) is 136 Å². The van der Waals surface area contributed by atoms with Crippen molar-refractivity contribution in [2.24, 2.45) is 0 Å². The van der Waals surface area contributed by atoms with Crippen LogP contribution in [0.15, 0.2) is 0 Å². The van der Waals surface area contributed by atoms with Gasteiger partial charge in [-0.15, -0.1) is 0 Å². The van der Waals surface area contributed by atoms with Gasteiger partial charge in [0.15, 0.2) is 0 Å². The molecule has 0 amide bonds. The summed E-state index contributed by atoms with van der Waals surface area (Å²) in [6.07, 6.45) is 28.2. The van der Waals surface area contributed by atoms with Crippen molar-refractivity contribution in [3.63, 3.8) is 0 Å². The van der Waals surface area contributed by atoms with Gasteiger partial charge in [0, 0.05) is 6.61 Å². The van der Waals surface area contributed by atoms with Crippen LogP contribution in [0.4, 0.5) is 0 Å². The number of hydrogen-bond donors (Lipinski definition) is 1. The summed E-state index contributed by atoms with van der Waals surface area (Å²) in [6.45, 7) is 5.78. The Balaban J connectivity index is 3.06. The number of rotatable bonds is 24. The topological polar surface area (TPSA) is 29.5 Å². The Bertz CT molecular complexity index is 267. The molecule has 0 radical (unpaired) electrons. The van der Waals surface area contributed by atoms with Crippen molar-refractivity contribution in [1.29, 1.82) is 0 Å². The van der Waals surface area contributed by atoms with E-state index >= 15 is 0 Å². The molecule has 1 atom stereocenters. The summed E-state index contributed by atoms with van der Waals surface area (Å²) in [5.74, 6) is 0. The summed E-state index contributed by atoms with van der Waals surface area (Å²) in [6, 6.07) is 0. The fourth-order valence-electron chi connectivity index (χ4n) is 3.83. The molecule has 0 aliphatic carbocycles. The molecule has 0 aromatic heterocycles. The van der Waals surface area contributed by atoms with E-state index in [1.165, 1.54) is 109 Å². The summed E-state index contributed by atoms with van der Waals surface area (Å²) >= 11 is 0. The van der Waals surface area contributed by atoms with E-state index in [4.69, 9.17) is 4.74 Å². The van der Waals surface area contributed by atoms with Crippen LogP contribution in [-0.2, 0) is 4.74 Å². The SMILES string of the molecule is CCCCCCCCCCCCCCCCCCCCC(O)COCCCC. The molecule has 0 saturated carbocycles. The largest absolute Gasteiger partial charge is 0.391 e. The highest BCUT2D eigenvalue weighted by molar-refractivity contribution is 4.55. The quantitative estimate of drug-likeness (QED) is 0.165. The van der Waals surface area contributed by atoms with Crippen molar-refractivity contribution < 1.29 is 9.84 Å². The van der Waals surface area contributed by atoms with Gasteiger partial charge in [-0.2, -0.15) is 0 Å². The van der Waals surface area contributed by atoms with E-state index in [-0.39, 0.29) is 6.10 Å². The normalized spacial score (nSPS) is 12.5. The van der Waals surface area contributed by atoms with Crippen molar-refractivity contribution in [1.82, 2.24) is 0 Å². The Hall–Kier alpha value is -0.0800. The molecule has 2 heteroatoms. The van der Waals surface area contributed by atoms with Gasteiger partial charge >= 0.3 is 0 Å². The van der Waals surface area contributed by atoms with E-state index in [9.17, 15) is 5.11 Å². The van der Waals surface area contributed by atoms with Gasteiger partial charge in [0.05, 0.1) is 12.7 Å². The second-order valence-corrected chi connectivity index (χ2v) is 8.88. The van der Waals surface area contributed by atoms with Gasteiger partial charge in [-0.25, -0.2) is 0 Å². The van der Waals surface area contributed by atoms with E-state index in [1.54, 1.807) is 0 Å². The van der Waals surface area contributed by atoms with E-state index in [0.29, 0.717) is 6.61 Å². The molecule has 0 heterocycles. The minimum Gasteiger partial charge on any atom is -0.391 e. The van der Waals surface area contributed by atoms with Crippen LogP contribution in [0.2, 0.25) is 0 Å². The van der Waals surface area contributed by atoms with Crippen LogP contribution in [0.1, 0.15) is 149 Å². The number of unbranched alkanes of at least 4 members (excludes halogenated alkanes) is 18. The van der Waals surface area contributed by atoms with Gasteiger partial charge in [0.25, 0.3) is 0 Å². The Morgan fingerprint density at radius 2 is 0.857 bits per heavy atom. The monoisotopic (exact) mass is 398 g/mol. The molecular formula is C26H54O2. The maximum absolute atomic E-state index is 9.86. The number of hydrogen-bond acceptors (Lipinski definition) is 2. The molecule has 0 bridgehead atoms.